The van der Waals surface area contributed by atoms with Gasteiger partial charge in [-0.25, -0.2) is 10.8 Å². The average Bonchev–Trinajstić information content (AvgIpc) is 2.28. The maximum atomic E-state index is 5.28. The predicted octanol–water partition coefficient (Wildman–Crippen LogP) is 0.150. The van der Waals surface area contributed by atoms with Crippen LogP contribution in [-0.2, 0) is 0 Å². The van der Waals surface area contributed by atoms with Crippen LogP contribution in [0.3, 0.4) is 0 Å². The molecule has 0 aliphatic carbocycles. The molecule has 1 aromatic rings. The number of nitrogens with zero attached hydrogens (tertiary/aromatic N) is 4. The number of hydrazine groups is 1. The first-order chi connectivity index (χ1) is 7.63. The fourth-order valence-corrected chi connectivity index (χ4v) is 1.35. The minimum atomic E-state index is 0.581. The molecular weight excluding hydrogens is 204 g/mol. The second kappa shape index (κ2) is 6.24. The van der Waals surface area contributed by atoms with Gasteiger partial charge in [-0.3, -0.25) is 4.98 Å². The first-order valence-electron chi connectivity index (χ1n) is 5.28. The van der Waals surface area contributed by atoms with E-state index in [0.717, 1.165) is 25.3 Å². The van der Waals surface area contributed by atoms with Crippen LogP contribution in [0.1, 0.15) is 6.42 Å². The number of nitrogens with one attached hydrogen (secondary N) is 1. The SMILES string of the molecule is CN(C)CCCN(C)c1cncc(NN)n1. The van der Waals surface area contributed by atoms with Crippen molar-refractivity contribution in [1.82, 2.24) is 14.9 Å². The van der Waals surface area contributed by atoms with Crippen LogP contribution in [0.2, 0.25) is 0 Å². The molecule has 0 aliphatic heterocycles. The Labute approximate surface area is 96.4 Å². The summed E-state index contributed by atoms with van der Waals surface area (Å²) >= 11 is 0. The van der Waals surface area contributed by atoms with Crippen molar-refractivity contribution in [2.45, 2.75) is 6.42 Å². The van der Waals surface area contributed by atoms with E-state index in [4.69, 9.17) is 5.84 Å². The summed E-state index contributed by atoms with van der Waals surface area (Å²) in [6.45, 7) is 2.01. The molecule has 0 aromatic carbocycles. The smallest absolute Gasteiger partial charge is 0.160 e. The van der Waals surface area contributed by atoms with E-state index in [1.165, 1.54) is 0 Å². The van der Waals surface area contributed by atoms with E-state index < -0.39 is 0 Å². The molecule has 0 spiro atoms. The Balaban J connectivity index is 2.48. The zero-order valence-electron chi connectivity index (χ0n) is 10.1. The molecule has 0 bridgehead atoms. The third-order valence-corrected chi connectivity index (χ3v) is 2.26. The van der Waals surface area contributed by atoms with Crippen molar-refractivity contribution in [2.24, 2.45) is 5.84 Å². The number of nitrogens with two attached hydrogens (primary N) is 1. The number of aromatic nitrogens is 2. The fraction of sp³-hybridized carbons (Fsp3) is 0.600. The molecule has 16 heavy (non-hydrogen) atoms. The van der Waals surface area contributed by atoms with Crippen molar-refractivity contribution in [3.63, 3.8) is 0 Å². The Morgan fingerprint density at radius 1 is 1.25 bits per heavy atom. The quantitative estimate of drug-likeness (QED) is 0.529. The molecule has 90 valence electrons. The fourth-order valence-electron chi connectivity index (χ4n) is 1.35. The molecule has 6 nitrogen and oxygen atoms in total. The zero-order chi connectivity index (χ0) is 12.0. The lowest BCUT2D eigenvalue weighted by molar-refractivity contribution is 0.401. The van der Waals surface area contributed by atoms with Crippen molar-refractivity contribution in [2.75, 3.05) is 44.6 Å². The summed E-state index contributed by atoms with van der Waals surface area (Å²) < 4.78 is 0. The van der Waals surface area contributed by atoms with Crippen LogP contribution in [0, 0.1) is 0 Å². The van der Waals surface area contributed by atoms with Gasteiger partial charge in [0.05, 0.1) is 12.4 Å². The van der Waals surface area contributed by atoms with E-state index in [9.17, 15) is 0 Å². The predicted molar refractivity (Wildman–Crippen MR) is 66.3 cm³/mol. The molecule has 0 radical (unpaired) electrons. The van der Waals surface area contributed by atoms with Gasteiger partial charge in [-0.15, -0.1) is 0 Å². The molecule has 0 atom stereocenters. The van der Waals surface area contributed by atoms with E-state index in [0.29, 0.717) is 5.82 Å². The first kappa shape index (κ1) is 12.7. The van der Waals surface area contributed by atoms with Gasteiger partial charge in [-0.2, -0.15) is 0 Å². The Kier molecular flexibility index (Phi) is 4.94. The molecule has 1 rings (SSSR count). The summed E-state index contributed by atoms with van der Waals surface area (Å²) in [6.07, 6.45) is 4.42. The summed E-state index contributed by atoms with van der Waals surface area (Å²) in [7, 11) is 6.14. The van der Waals surface area contributed by atoms with Crippen LogP contribution < -0.4 is 16.2 Å². The van der Waals surface area contributed by atoms with Crippen molar-refractivity contribution in [3.8, 4) is 0 Å². The lowest BCUT2D eigenvalue weighted by atomic mass is 10.4. The van der Waals surface area contributed by atoms with Crippen molar-refractivity contribution in [1.29, 1.82) is 0 Å². The van der Waals surface area contributed by atoms with E-state index in [1.54, 1.807) is 12.4 Å². The summed E-state index contributed by atoms with van der Waals surface area (Å²) in [5, 5.41) is 0. The Morgan fingerprint density at radius 2 is 2.00 bits per heavy atom. The summed E-state index contributed by atoms with van der Waals surface area (Å²) in [5.41, 5.74) is 2.49. The first-order valence-corrected chi connectivity index (χ1v) is 5.28. The minimum Gasteiger partial charge on any atom is -0.358 e. The largest absolute Gasteiger partial charge is 0.358 e. The van der Waals surface area contributed by atoms with E-state index in [2.05, 4.69) is 39.3 Å². The monoisotopic (exact) mass is 224 g/mol. The van der Waals surface area contributed by atoms with Gasteiger partial charge in [0.1, 0.15) is 5.82 Å². The normalized spacial score (nSPS) is 10.6. The van der Waals surface area contributed by atoms with Gasteiger partial charge in [0.15, 0.2) is 5.82 Å². The summed E-state index contributed by atoms with van der Waals surface area (Å²) in [5.74, 6) is 6.69. The third kappa shape index (κ3) is 4.00. The van der Waals surface area contributed by atoms with Gasteiger partial charge < -0.3 is 15.2 Å². The molecular formula is C10H20N6. The number of anilines is 2. The second-order valence-electron chi connectivity index (χ2n) is 3.99. The standard InChI is InChI=1S/C10H20N6/c1-15(2)5-4-6-16(3)10-8-12-7-9(13-10)14-11/h7-8H,4-6,11H2,1-3H3,(H,13,14). The number of rotatable bonds is 6. The Morgan fingerprint density at radius 3 is 2.62 bits per heavy atom. The minimum absolute atomic E-state index is 0.581. The van der Waals surface area contributed by atoms with Crippen molar-refractivity contribution in [3.05, 3.63) is 12.4 Å². The van der Waals surface area contributed by atoms with Crippen molar-refractivity contribution >= 4 is 11.6 Å². The highest BCUT2D eigenvalue weighted by atomic mass is 15.3. The van der Waals surface area contributed by atoms with Crippen LogP contribution in [0.5, 0.6) is 0 Å². The maximum Gasteiger partial charge on any atom is 0.160 e. The second-order valence-corrected chi connectivity index (χ2v) is 3.99. The molecule has 6 heteroatoms. The van der Waals surface area contributed by atoms with Gasteiger partial charge in [-0.1, -0.05) is 0 Å². The number of hydrogen-bond acceptors (Lipinski definition) is 6. The van der Waals surface area contributed by atoms with Crippen LogP contribution >= 0.6 is 0 Å². The number of hydrogen-bond donors (Lipinski definition) is 2. The molecule has 0 saturated heterocycles. The Bertz CT molecular complexity index is 314. The zero-order valence-corrected chi connectivity index (χ0v) is 10.1. The molecule has 0 amide bonds. The molecule has 0 aliphatic rings. The number of nitrogen functional groups attached to an aromatic ring is 1. The highest BCUT2D eigenvalue weighted by Gasteiger charge is 2.03. The average molecular weight is 224 g/mol. The third-order valence-electron chi connectivity index (χ3n) is 2.26. The van der Waals surface area contributed by atoms with Crippen LogP contribution in [0.25, 0.3) is 0 Å². The van der Waals surface area contributed by atoms with Gasteiger partial charge in [-0.05, 0) is 27.1 Å². The molecule has 3 N–H and O–H groups in total. The Hall–Kier alpha value is -1.40. The van der Waals surface area contributed by atoms with E-state index in [1.807, 2.05) is 7.05 Å². The van der Waals surface area contributed by atoms with Gasteiger partial charge in [0.25, 0.3) is 0 Å². The highest BCUT2D eigenvalue weighted by Crippen LogP contribution is 2.09. The van der Waals surface area contributed by atoms with Crippen LogP contribution in [0.15, 0.2) is 12.4 Å². The van der Waals surface area contributed by atoms with Gasteiger partial charge in [0.2, 0.25) is 0 Å². The van der Waals surface area contributed by atoms with E-state index in [-0.39, 0.29) is 0 Å². The van der Waals surface area contributed by atoms with Crippen LogP contribution in [-0.4, -0.2) is 49.1 Å². The molecule has 0 unspecified atom stereocenters. The molecule has 1 heterocycles. The highest BCUT2D eigenvalue weighted by molar-refractivity contribution is 5.42. The summed E-state index contributed by atoms with van der Waals surface area (Å²) in [4.78, 5) is 12.6. The maximum absolute atomic E-state index is 5.28. The molecule has 1 aromatic heterocycles. The van der Waals surface area contributed by atoms with Crippen molar-refractivity contribution < 1.29 is 0 Å². The summed E-state index contributed by atoms with van der Waals surface area (Å²) in [6, 6.07) is 0. The van der Waals surface area contributed by atoms with Gasteiger partial charge >= 0.3 is 0 Å². The van der Waals surface area contributed by atoms with E-state index >= 15 is 0 Å². The van der Waals surface area contributed by atoms with Gasteiger partial charge in [0, 0.05) is 13.6 Å². The topological polar surface area (TPSA) is 70.3 Å². The molecule has 0 fully saturated rings. The lowest BCUT2D eigenvalue weighted by Gasteiger charge is -2.19. The van der Waals surface area contributed by atoms with Crippen LogP contribution in [0.4, 0.5) is 11.6 Å². The molecule has 0 saturated carbocycles. The lowest BCUT2D eigenvalue weighted by Crippen LogP contribution is -2.24.